The van der Waals surface area contributed by atoms with Gasteiger partial charge < -0.3 is 20.3 Å². The van der Waals surface area contributed by atoms with Crippen LogP contribution in [0, 0.1) is 0 Å². The Kier molecular flexibility index (Phi) is 52.1. The van der Waals surface area contributed by atoms with Crippen molar-refractivity contribution in [2.75, 3.05) is 13.2 Å². The van der Waals surface area contributed by atoms with Crippen LogP contribution in [0.25, 0.3) is 0 Å². The van der Waals surface area contributed by atoms with E-state index in [9.17, 15) is 19.8 Å². The normalized spacial score (nSPS) is 12.9. The number of allylic oxidation sites excluding steroid dienone is 6. The molecule has 0 saturated carbocycles. The highest BCUT2D eigenvalue weighted by Crippen LogP contribution is 2.17. The van der Waals surface area contributed by atoms with Gasteiger partial charge in [0.25, 0.3) is 0 Å². The monoisotopic (exact) mass is 900 g/mol. The van der Waals surface area contributed by atoms with Gasteiger partial charge in [-0.2, -0.15) is 0 Å². The summed E-state index contributed by atoms with van der Waals surface area (Å²) < 4.78 is 5.45. The fourth-order valence-electron chi connectivity index (χ4n) is 8.56. The molecule has 0 radical (unpaired) electrons. The van der Waals surface area contributed by atoms with E-state index in [0.717, 1.165) is 77.0 Å². The Hall–Kier alpha value is -1.92. The Morgan fingerprint density at radius 1 is 0.438 bits per heavy atom. The number of ether oxygens (including phenoxy) is 1. The van der Waals surface area contributed by atoms with Crippen molar-refractivity contribution in [3.05, 3.63) is 36.5 Å². The highest BCUT2D eigenvalue weighted by Gasteiger charge is 2.20. The van der Waals surface area contributed by atoms with Gasteiger partial charge in [0, 0.05) is 12.8 Å². The lowest BCUT2D eigenvalue weighted by Gasteiger charge is -2.22. The first kappa shape index (κ1) is 62.1. The number of nitrogens with one attached hydrogen (secondary N) is 1. The summed E-state index contributed by atoms with van der Waals surface area (Å²) in [5, 5.41) is 23.3. The molecule has 0 aliphatic heterocycles. The van der Waals surface area contributed by atoms with Crippen LogP contribution in [0.2, 0.25) is 0 Å². The van der Waals surface area contributed by atoms with Crippen LogP contribution in [-0.4, -0.2) is 47.4 Å². The summed E-state index contributed by atoms with van der Waals surface area (Å²) in [5.74, 6) is -0.137. The average molecular weight is 901 g/mol. The van der Waals surface area contributed by atoms with Crippen LogP contribution in [-0.2, 0) is 14.3 Å². The van der Waals surface area contributed by atoms with Gasteiger partial charge >= 0.3 is 5.97 Å². The molecule has 1 amide bonds. The number of aliphatic hydroxyl groups excluding tert-OH is 2. The molecule has 0 aliphatic carbocycles. The van der Waals surface area contributed by atoms with Gasteiger partial charge in [0.05, 0.1) is 25.4 Å². The van der Waals surface area contributed by atoms with E-state index in [1.54, 1.807) is 0 Å². The van der Waals surface area contributed by atoms with E-state index < -0.39 is 12.1 Å². The number of carbonyl (C=O) groups excluding carboxylic acids is 2. The molecule has 0 heterocycles. The molecular weight excluding hydrogens is 791 g/mol. The van der Waals surface area contributed by atoms with Crippen molar-refractivity contribution in [1.82, 2.24) is 5.32 Å². The molecule has 6 heteroatoms. The lowest BCUT2D eigenvalue weighted by Crippen LogP contribution is -2.45. The van der Waals surface area contributed by atoms with Crippen molar-refractivity contribution in [2.24, 2.45) is 0 Å². The molecular formula is C58H109NO5. The fraction of sp³-hybridized carbons (Fsp3) is 0.862. The number of hydrogen-bond donors (Lipinski definition) is 3. The number of amides is 1. The van der Waals surface area contributed by atoms with Crippen molar-refractivity contribution in [3.8, 4) is 0 Å². The van der Waals surface area contributed by atoms with Crippen LogP contribution in [0.15, 0.2) is 36.5 Å². The first-order chi connectivity index (χ1) is 31.5. The summed E-state index contributed by atoms with van der Waals surface area (Å²) in [7, 11) is 0. The molecule has 0 spiro atoms. The first-order valence-corrected chi connectivity index (χ1v) is 28.2. The summed E-state index contributed by atoms with van der Waals surface area (Å²) >= 11 is 0. The van der Waals surface area contributed by atoms with Crippen molar-refractivity contribution in [3.63, 3.8) is 0 Å². The van der Waals surface area contributed by atoms with E-state index in [-0.39, 0.29) is 18.5 Å². The lowest BCUT2D eigenvalue weighted by atomic mass is 10.0. The van der Waals surface area contributed by atoms with Crippen LogP contribution in [0.1, 0.15) is 296 Å². The molecule has 0 bridgehead atoms. The summed E-state index contributed by atoms with van der Waals surface area (Å²) in [5.41, 5.74) is 0. The molecule has 0 aromatic carbocycles. The van der Waals surface area contributed by atoms with Crippen molar-refractivity contribution >= 4 is 11.9 Å². The van der Waals surface area contributed by atoms with Gasteiger partial charge in [-0.1, -0.05) is 243 Å². The maximum Gasteiger partial charge on any atom is 0.305 e. The second kappa shape index (κ2) is 53.7. The van der Waals surface area contributed by atoms with Gasteiger partial charge in [0.15, 0.2) is 0 Å². The maximum atomic E-state index is 12.5. The maximum absolute atomic E-state index is 12.5. The summed E-state index contributed by atoms with van der Waals surface area (Å²) in [4.78, 5) is 24.5. The SMILES string of the molecule is CCCCC/C=C\C/C=C\CCCCCCCCCC(=O)OCCCCCC/C=C\CCCC(=O)NC(CO)C(O)CCCCCCCCCCCCCCCCCCCCCCC. The van der Waals surface area contributed by atoms with Crippen molar-refractivity contribution in [2.45, 2.75) is 309 Å². The summed E-state index contributed by atoms with van der Waals surface area (Å²) in [6.45, 7) is 4.85. The predicted molar refractivity (Wildman–Crippen MR) is 278 cm³/mol. The molecule has 2 unspecified atom stereocenters. The zero-order valence-corrected chi connectivity index (χ0v) is 42.8. The van der Waals surface area contributed by atoms with Crippen LogP contribution in [0.3, 0.4) is 0 Å². The average Bonchev–Trinajstić information content (AvgIpc) is 3.29. The number of rotatable bonds is 52. The Morgan fingerprint density at radius 3 is 1.27 bits per heavy atom. The second-order valence-electron chi connectivity index (χ2n) is 19.3. The predicted octanol–water partition coefficient (Wildman–Crippen LogP) is 17.2. The Morgan fingerprint density at radius 2 is 0.797 bits per heavy atom. The quantitative estimate of drug-likeness (QED) is 0.0321. The topological polar surface area (TPSA) is 95.9 Å². The van der Waals surface area contributed by atoms with E-state index in [4.69, 9.17) is 4.74 Å². The van der Waals surface area contributed by atoms with Crippen LogP contribution in [0.4, 0.5) is 0 Å². The second-order valence-corrected chi connectivity index (χ2v) is 19.3. The zero-order valence-electron chi connectivity index (χ0n) is 42.8. The molecule has 3 N–H and O–H groups in total. The largest absolute Gasteiger partial charge is 0.466 e. The van der Waals surface area contributed by atoms with Gasteiger partial charge in [-0.15, -0.1) is 0 Å². The van der Waals surface area contributed by atoms with Crippen LogP contribution >= 0.6 is 0 Å². The number of unbranched alkanes of at least 4 members (excludes halogenated alkanes) is 35. The standard InChI is InChI=1S/C58H109NO5/c1-3-5-7-9-11-13-15-17-19-21-22-23-24-26-27-29-31-34-38-42-46-50-56(61)55(54-60)59-57(62)51-47-43-39-35-33-37-41-45-49-53-64-58(63)52-48-44-40-36-32-30-28-25-20-18-16-14-12-10-8-6-4-2/h12,14,18,20,35,39,55-56,60-61H,3-11,13,15-17,19,21-34,36-38,40-54H2,1-2H3,(H,59,62)/b14-12-,20-18-,39-35-. The summed E-state index contributed by atoms with van der Waals surface area (Å²) in [6.07, 6.45) is 65.6. The summed E-state index contributed by atoms with van der Waals surface area (Å²) in [6, 6.07) is -0.581. The van der Waals surface area contributed by atoms with E-state index in [0.29, 0.717) is 25.9 Å². The van der Waals surface area contributed by atoms with Gasteiger partial charge in [-0.05, 0) is 77.0 Å². The molecule has 0 saturated heterocycles. The minimum Gasteiger partial charge on any atom is -0.466 e. The molecule has 376 valence electrons. The van der Waals surface area contributed by atoms with Gasteiger partial charge in [0.2, 0.25) is 5.91 Å². The number of esters is 1. The first-order valence-electron chi connectivity index (χ1n) is 28.2. The lowest BCUT2D eigenvalue weighted by molar-refractivity contribution is -0.143. The van der Waals surface area contributed by atoms with E-state index in [1.807, 2.05) is 0 Å². The Labute approximate surface area is 398 Å². The molecule has 0 rings (SSSR count). The third-order valence-corrected chi connectivity index (χ3v) is 12.9. The number of aliphatic hydroxyl groups is 2. The smallest absolute Gasteiger partial charge is 0.305 e. The fourth-order valence-corrected chi connectivity index (χ4v) is 8.56. The van der Waals surface area contributed by atoms with Crippen molar-refractivity contribution < 1.29 is 24.5 Å². The molecule has 0 aromatic heterocycles. The van der Waals surface area contributed by atoms with E-state index >= 15 is 0 Å². The van der Waals surface area contributed by atoms with Crippen molar-refractivity contribution in [1.29, 1.82) is 0 Å². The minimum atomic E-state index is -0.697. The molecule has 2 atom stereocenters. The van der Waals surface area contributed by atoms with Crippen LogP contribution < -0.4 is 5.32 Å². The molecule has 6 nitrogen and oxygen atoms in total. The van der Waals surface area contributed by atoms with Gasteiger partial charge in [0.1, 0.15) is 0 Å². The highest BCUT2D eigenvalue weighted by atomic mass is 16.5. The minimum absolute atomic E-state index is 0.0430. The molecule has 0 aliphatic rings. The Balaban J connectivity index is 3.53. The van der Waals surface area contributed by atoms with E-state index in [1.165, 1.54) is 186 Å². The highest BCUT2D eigenvalue weighted by molar-refractivity contribution is 5.76. The molecule has 0 fully saturated rings. The third-order valence-electron chi connectivity index (χ3n) is 12.9. The Bertz CT molecular complexity index is 1040. The molecule has 64 heavy (non-hydrogen) atoms. The zero-order chi connectivity index (χ0) is 46.5. The molecule has 0 aromatic rings. The van der Waals surface area contributed by atoms with Gasteiger partial charge in [-0.25, -0.2) is 0 Å². The van der Waals surface area contributed by atoms with Gasteiger partial charge in [-0.3, -0.25) is 9.59 Å². The number of carbonyl (C=O) groups is 2. The van der Waals surface area contributed by atoms with E-state index in [2.05, 4.69) is 55.6 Å². The van der Waals surface area contributed by atoms with Crippen LogP contribution in [0.5, 0.6) is 0 Å². The third kappa shape index (κ3) is 49.5. The number of hydrogen-bond acceptors (Lipinski definition) is 5.